The van der Waals surface area contributed by atoms with Gasteiger partial charge >= 0.3 is 0 Å². The largest absolute Gasteiger partial charge is 0.487 e. The highest BCUT2D eigenvalue weighted by Gasteiger charge is 2.11. The number of carbonyl (C=O) groups is 1. The number of rotatable bonds is 7. The van der Waals surface area contributed by atoms with E-state index in [1.807, 2.05) is 77.5 Å². The lowest BCUT2D eigenvalue weighted by atomic mass is 10.2. The molecule has 2 aromatic heterocycles. The smallest absolute Gasteiger partial charge is 0.240 e. The van der Waals surface area contributed by atoms with Crippen molar-refractivity contribution < 1.29 is 9.53 Å². The number of pyridine rings is 1. The minimum Gasteiger partial charge on any atom is -0.487 e. The van der Waals surface area contributed by atoms with Gasteiger partial charge in [-0.1, -0.05) is 48.5 Å². The molecule has 0 saturated carbocycles. The molecular formula is C23H21N3O2. The summed E-state index contributed by atoms with van der Waals surface area (Å²) in [5.74, 6) is 0.714. The fourth-order valence-electron chi connectivity index (χ4n) is 3.12. The molecule has 2 aromatic carbocycles. The Morgan fingerprint density at radius 2 is 1.82 bits per heavy atom. The standard InChI is InChI=1S/C23H21N3O2/c27-22(25-15-19-8-5-12-24-14-19)16-26-13-11-20-9-4-10-21(23(20)26)28-17-18-6-2-1-3-7-18/h1-14H,15-17H2,(H,25,27). The summed E-state index contributed by atoms with van der Waals surface area (Å²) in [4.78, 5) is 16.5. The van der Waals surface area contributed by atoms with Crippen LogP contribution in [0.3, 0.4) is 0 Å². The van der Waals surface area contributed by atoms with Gasteiger partial charge in [0.2, 0.25) is 5.91 Å². The van der Waals surface area contributed by atoms with E-state index in [1.165, 1.54) is 0 Å². The van der Waals surface area contributed by atoms with E-state index < -0.39 is 0 Å². The zero-order chi connectivity index (χ0) is 19.2. The molecule has 140 valence electrons. The molecule has 0 saturated heterocycles. The van der Waals surface area contributed by atoms with E-state index in [4.69, 9.17) is 4.74 Å². The Labute approximate surface area is 163 Å². The van der Waals surface area contributed by atoms with Gasteiger partial charge in [0, 0.05) is 30.5 Å². The van der Waals surface area contributed by atoms with Crippen LogP contribution in [-0.2, 0) is 24.5 Å². The predicted molar refractivity (Wildman–Crippen MR) is 109 cm³/mol. The van der Waals surface area contributed by atoms with Gasteiger partial charge in [0.25, 0.3) is 0 Å². The second kappa shape index (κ2) is 8.39. The number of amides is 1. The van der Waals surface area contributed by atoms with Gasteiger partial charge in [-0.25, -0.2) is 0 Å². The van der Waals surface area contributed by atoms with Gasteiger partial charge in [0.05, 0.1) is 5.52 Å². The molecule has 4 rings (SSSR count). The van der Waals surface area contributed by atoms with Gasteiger partial charge in [0.15, 0.2) is 0 Å². The lowest BCUT2D eigenvalue weighted by molar-refractivity contribution is -0.121. The van der Waals surface area contributed by atoms with Crippen molar-refractivity contribution in [1.82, 2.24) is 14.9 Å². The summed E-state index contributed by atoms with van der Waals surface area (Å²) < 4.78 is 7.98. The van der Waals surface area contributed by atoms with Crippen LogP contribution in [-0.4, -0.2) is 15.5 Å². The Bertz CT molecular complexity index is 1060. The van der Waals surface area contributed by atoms with Crippen LogP contribution in [0.2, 0.25) is 0 Å². The second-order valence-corrected chi connectivity index (χ2v) is 6.55. The minimum absolute atomic E-state index is 0.0563. The molecule has 0 bridgehead atoms. The molecule has 0 aliphatic rings. The molecule has 0 aliphatic carbocycles. The number of benzene rings is 2. The fraction of sp³-hybridized carbons (Fsp3) is 0.130. The van der Waals surface area contributed by atoms with E-state index in [9.17, 15) is 4.79 Å². The molecule has 5 heteroatoms. The van der Waals surface area contributed by atoms with E-state index in [0.29, 0.717) is 13.2 Å². The Balaban J connectivity index is 1.47. The van der Waals surface area contributed by atoms with Crippen LogP contribution in [0.25, 0.3) is 10.9 Å². The van der Waals surface area contributed by atoms with Gasteiger partial charge in [-0.3, -0.25) is 9.78 Å². The van der Waals surface area contributed by atoms with Crippen molar-refractivity contribution in [3.05, 3.63) is 96.4 Å². The molecule has 28 heavy (non-hydrogen) atoms. The molecule has 0 unspecified atom stereocenters. The number of fused-ring (bicyclic) bond motifs is 1. The number of ether oxygens (including phenoxy) is 1. The Morgan fingerprint density at radius 1 is 0.964 bits per heavy atom. The highest BCUT2D eigenvalue weighted by atomic mass is 16.5. The predicted octanol–water partition coefficient (Wildman–Crippen LogP) is 3.93. The van der Waals surface area contributed by atoms with Gasteiger partial charge in [0.1, 0.15) is 18.9 Å². The van der Waals surface area contributed by atoms with Crippen molar-refractivity contribution in [2.75, 3.05) is 0 Å². The number of para-hydroxylation sites is 1. The van der Waals surface area contributed by atoms with Crippen LogP contribution in [0.15, 0.2) is 85.3 Å². The maximum Gasteiger partial charge on any atom is 0.240 e. The quantitative estimate of drug-likeness (QED) is 0.535. The summed E-state index contributed by atoms with van der Waals surface area (Å²) in [5, 5.41) is 3.99. The minimum atomic E-state index is -0.0563. The first-order valence-corrected chi connectivity index (χ1v) is 9.20. The molecule has 0 radical (unpaired) electrons. The number of carbonyl (C=O) groups excluding carboxylic acids is 1. The first-order valence-electron chi connectivity index (χ1n) is 9.20. The number of nitrogens with one attached hydrogen (secondary N) is 1. The number of hydrogen-bond donors (Lipinski definition) is 1. The van der Waals surface area contributed by atoms with E-state index >= 15 is 0 Å². The molecule has 1 amide bonds. The molecule has 4 aromatic rings. The number of aromatic nitrogens is 2. The van der Waals surface area contributed by atoms with E-state index in [1.54, 1.807) is 12.4 Å². The van der Waals surface area contributed by atoms with Crippen molar-refractivity contribution >= 4 is 16.8 Å². The average molecular weight is 371 g/mol. The van der Waals surface area contributed by atoms with E-state index in [-0.39, 0.29) is 12.5 Å². The van der Waals surface area contributed by atoms with Crippen molar-refractivity contribution in [1.29, 1.82) is 0 Å². The zero-order valence-corrected chi connectivity index (χ0v) is 15.4. The number of hydrogen-bond acceptors (Lipinski definition) is 3. The van der Waals surface area contributed by atoms with Gasteiger partial charge in [-0.15, -0.1) is 0 Å². The summed E-state index contributed by atoms with van der Waals surface area (Å²) in [7, 11) is 0. The highest BCUT2D eigenvalue weighted by Crippen LogP contribution is 2.27. The van der Waals surface area contributed by atoms with Crippen molar-refractivity contribution in [2.24, 2.45) is 0 Å². The lowest BCUT2D eigenvalue weighted by Crippen LogP contribution is -2.26. The first kappa shape index (κ1) is 17.8. The SMILES string of the molecule is O=C(Cn1ccc2cccc(OCc3ccccc3)c21)NCc1cccnc1. The normalized spacial score (nSPS) is 10.7. The maximum absolute atomic E-state index is 12.4. The lowest BCUT2D eigenvalue weighted by Gasteiger charge is -2.12. The zero-order valence-electron chi connectivity index (χ0n) is 15.4. The summed E-state index contributed by atoms with van der Waals surface area (Å²) >= 11 is 0. The summed E-state index contributed by atoms with van der Waals surface area (Å²) in [6.07, 6.45) is 5.39. The van der Waals surface area contributed by atoms with Gasteiger partial charge in [-0.05, 0) is 29.3 Å². The van der Waals surface area contributed by atoms with Gasteiger partial charge < -0.3 is 14.6 Å². The molecule has 0 atom stereocenters. The fourth-order valence-corrected chi connectivity index (χ4v) is 3.12. The molecule has 0 spiro atoms. The third-order valence-corrected chi connectivity index (χ3v) is 4.52. The molecule has 1 N–H and O–H groups in total. The van der Waals surface area contributed by atoms with E-state index in [0.717, 1.165) is 27.8 Å². The second-order valence-electron chi connectivity index (χ2n) is 6.55. The average Bonchev–Trinajstić information content (AvgIpc) is 3.16. The molecule has 0 aliphatic heterocycles. The first-order chi connectivity index (χ1) is 13.8. The molecular weight excluding hydrogens is 350 g/mol. The van der Waals surface area contributed by atoms with Crippen LogP contribution >= 0.6 is 0 Å². The highest BCUT2D eigenvalue weighted by molar-refractivity contribution is 5.87. The third-order valence-electron chi connectivity index (χ3n) is 4.52. The van der Waals surface area contributed by atoms with Gasteiger partial charge in [-0.2, -0.15) is 0 Å². The van der Waals surface area contributed by atoms with Crippen LogP contribution in [0.4, 0.5) is 0 Å². The summed E-state index contributed by atoms with van der Waals surface area (Å²) in [6, 6.07) is 21.8. The Hall–Kier alpha value is -3.60. The third kappa shape index (κ3) is 4.20. The summed E-state index contributed by atoms with van der Waals surface area (Å²) in [6.45, 7) is 1.18. The topological polar surface area (TPSA) is 56.1 Å². The monoisotopic (exact) mass is 371 g/mol. The summed E-state index contributed by atoms with van der Waals surface area (Å²) in [5.41, 5.74) is 3.00. The Morgan fingerprint density at radius 3 is 2.64 bits per heavy atom. The molecule has 5 nitrogen and oxygen atoms in total. The van der Waals surface area contributed by atoms with Crippen LogP contribution in [0.5, 0.6) is 5.75 Å². The number of nitrogens with zero attached hydrogens (tertiary/aromatic N) is 2. The van der Waals surface area contributed by atoms with Crippen molar-refractivity contribution in [3.8, 4) is 5.75 Å². The van der Waals surface area contributed by atoms with Crippen LogP contribution in [0.1, 0.15) is 11.1 Å². The Kier molecular flexibility index (Phi) is 5.33. The van der Waals surface area contributed by atoms with Crippen molar-refractivity contribution in [3.63, 3.8) is 0 Å². The maximum atomic E-state index is 12.4. The van der Waals surface area contributed by atoms with Crippen LogP contribution in [0, 0.1) is 0 Å². The van der Waals surface area contributed by atoms with E-state index in [2.05, 4.69) is 10.3 Å². The molecule has 2 heterocycles. The molecule has 0 fully saturated rings. The van der Waals surface area contributed by atoms with Crippen LogP contribution < -0.4 is 10.1 Å². The van der Waals surface area contributed by atoms with Crippen molar-refractivity contribution in [2.45, 2.75) is 19.7 Å².